The molecule has 2 aliphatic heterocycles. The van der Waals surface area contributed by atoms with Gasteiger partial charge in [-0.2, -0.15) is 21.9 Å². The monoisotopic (exact) mass is 1200 g/mol. The van der Waals surface area contributed by atoms with Gasteiger partial charge >= 0.3 is 5.97 Å². The van der Waals surface area contributed by atoms with Gasteiger partial charge in [-0.25, -0.2) is 18.9 Å². The Morgan fingerprint density at radius 1 is 0.722 bits per heavy atom. The predicted octanol–water partition coefficient (Wildman–Crippen LogP) is 9.21. The van der Waals surface area contributed by atoms with Crippen LogP contribution in [-0.4, -0.2) is 112 Å². The van der Waals surface area contributed by atoms with Crippen LogP contribution in [0.2, 0.25) is 0 Å². The fourth-order valence-electron chi connectivity index (χ4n) is 11.0. The number of carbonyl (C=O) groups is 2. The molecule has 2 atom stereocenters. The van der Waals surface area contributed by atoms with E-state index < -0.39 is 41.9 Å². The summed E-state index contributed by atoms with van der Waals surface area (Å²) in [4.78, 5) is 24.1. The van der Waals surface area contributed by atoms with E-state index in [1.807, 2.05) is 45.9 Å². The van der Waals surface area contributed by atoms with Crippen LogP contribution in [0.1, 0.15) is 136 Å². The van der Waals surface area contributed by atoms with E-state index in [0.29, 0.717) is 111 Å². The third-order valence-electron chi connectivity index (χ3n) is 15.3. The molecule has 4 aromatic carbocycles. The molecule has 6 rings (SSSR count). The van der Waals surface area contributed by atoms with E-state index in [1.165, 1.54) is 18.2 Å². The highest BCUT2D eigenvalue weighted by Gasteiger charge is 2.48. The van der Waals surface area contributed by atoms with Crippen molar-refractivity contribution in [3.05, 3.63) is 59.7 Å². The van der Waals surface area contributed by atoms with Crippen molar-refractivity contribution >= 4 is 113 Å². The van der Waals surface area contributed by atoms with E-state index in [0.717, 1.165) is 97.3 Å². The van der Waals surface area contributed by atoms with Crippen LogP contribution in [0.5, 0.6) is 0 Å². The molecule has 0 spiro atoms. The first kappa shape index (κ1) is 64.3. The molecule has 2 unspecified atom stereocenters. The SMILES string of the molecule is CC1=[N+](CCCCCC(=O)NCC(CCCCCC(=O)O)CNCCCCCC2(C)C(C)=[N+](CCCSOOO)c3ccc4c(S(=O)(=O)[O-])cc(SOOO)cc4c32)c2ccc3c(SOO[O-])cc(S(=O)(=O)O)cc3c2C1(C)C. The molecule has 22 nitrogen and oxygen atoms in total. The zero-order chi connectivity index (χ0) is 57.5. The van der Waals surface area contributed by atoms with Crippen molar-refractivity contribution in [2.24, 2.45) is 5.92 Å². The molecule has 2 aliphatic rings. The molecule has 2 heterocycles. The average molecular weight is 1200 g/mol. The molecule has 1 amide bonds. The van der Waals surface area contributed by atoms with E-state index in [1.54, 1.807) is 12.1 Å². The Labute approximate surface area is 473 Å². The largest absolute Gasteiger partial charge is 0.744 e. The van der Waals surface area contributed by atoms with E-state index in [-0.39, 0.29) is 38.3 Å². The maximum absolute atomic E-state index is 13.2. The molecular weight excluding hydrogens is 1130 g/mol. The lowest BCUT2D eigenvalue weighted by Crippen LogP contribution is -2.35. The van der Waals surface area contributed by atoms with E-state index in [2.05, 4.69) is 54.8 Å². The lowest BCUT2D eigenvalue weighted by Gasteiger charge is -2.24. The molecule has 0 radical (unpaired) electrons. The summed E-state index contributed by atoms with van der Waals surface area (Å²) in [5.74, 6) is -0.263. The highest BCUT2D eigenvalue weighted by atomic mass is 32.2. The first-order valence-electron chi connectivity index (χ1n) is 26.0. The van der Waals surface area contributed by atoms with Crippen molar-refractivity contribution in [2.45, 2.75) is 155 Å². The maximum Gasteiger partial charge on any atom is 0.303 e. The number of nitrogens with zero attached hydrogens (tertiary/aromatic N) is 2. The molecule has 0 aliphatic carbocycles. The summed E-state index contributed by atoms with van der Waals surface area (Å²) in [6, 6.07) is 12.8. The number of carboxylic acid groups (broad SMARTS) is 1. The van der Waals surface area contributed by atoms with Crippen molar-refractivity contribution < 1.29 is 93.7 Å². The van der Waals surface area contributed by atoms with E-state index >= 15 is 0 Å². The second kappa shape index (κ2) is 29.4. The highest BCUT2D eigenvalue weighted by Crippen LogP contribution is 2.49. The zero-order valence-electron chi connectivity index (χ0n) is 44.8. The number of aliphatic carboxylic acids is 1. The quantitative estimate of drug-likeness (QED) is 0.00617. The van der Waals surface area contributed by atoms with Gasteiger partial charge in [0.15, 0.2) is 11.4 Å². The van der Waals surface area contributed by atoms with Gasteiger partial charge in [-0.05, 0) is 131 Å². The van der Waals surface area contributed by atoms with Gasteiger partial charge in [0.05, 0.1) is 44.7 Å². The number of benzene rings is 4. The van der Waals surface area contributed by atoms with Gasteiger partial charge in [0, 0.05) is 102 Å². The van der Waals surface area contributed by atoms with Gasteiger partial charge in [-0.3, -0.25) is 19.2 Å². The van der Waals surface area contributed by atoms with Crippen LogP contribution < -0.4 is 15.9 Å². The summed E-state index contributed by atoms with van der Waals surface area (Å²) in [6.07, 6.45) is 9.46. The molecule has 0 bridgehead atoms. The van der Waals surface area contributed by atoms with Gasteiger partial charge in [0.25, 0.3) is 10.1 Å². The third kappa shape index (κ3) is 16.5. The number of rotatable bonds is 36. The summed E-state index contributed by atoms with van der Waals surface area (Å²) in [5.41, 5.74) is 4.44. The summed E-state index contributed by atoms with van der Waals surface area (Å²) in [6.45, 7) is 13.3. The summed E-state index contributed by atoms with van der Waals surface area (Å²) >= 11 is 2.07. The lowest BCUT2D eigenvalue weighted by molar-refractivity contribution is -0.777. The lowest BCUT2D eigenvalue weighted by atomic mass is 9.74. The van der Waals surface area contributed by atoms with Gasteiger partial charge < -0.3 is 25.6 Å². The maximum atomic E-state index is 13.2. The molecule has 0 fully saturated rings. The van der Waals surface area contributed by atoms with Crippen LogP contribution in [0.3, 0.4) is 0 Å². The number of carboxylic acids is 1. The summed E-state index contributed by atoms with van der Waals surface area (Å²) < 4.78 is 90.4. The van der Waals surface area contributed by atoms with Crippen LogP contribution in [0.25, 0.3) is 21.5 Å². The first-order chi connectivity index (χ1) is 37.6. The minimum atomic E-state index is -4.93. The number of nitrogens with one attached hydrogen (secondary N) is 2. The van der Waals surface area contributed by atoms with Crippen LogP contribution >= 0.6 is 36.1 Å². The molecule has 0 saturated carbocycles. The fraction of sp³-hybridized carbons (Fsp3) is 0.538. The predicted molar refractivity (Wildman–Crippen MR) is 295 cm³/mol. The minimum absolute atomic E-state index is 0.0506. The molecule has 79 heavy (non-hydrogen) atoms. The Bertz CT molecular complexity index is 3100. The Balaban J connectivity index is 1.03. The molecule has 0 saturated heterocycles. The number of hydrogen-bond donors (Lipinski definition) is 6. The molecule has 27 heteroatoms. The van der Waals surface area contributed by atoms with E-state index in [9.17, 15) is 40.8 Å². The Morgan fingerprint density at radius 3 is 2.08 bits per heavy atom. The fourth-order valence-corrected chi connectivity index (χ4v) is 13.8. The standard InChI is InChI=1S/C52H70N4O18S5/c1-34-51(3,4)49-42-30-38(78(63,64)65)31-45(77-74-71-62)39(42)19-21-43(49)55(34)25-14-7-10-17-47(57)54-33-36(16-9-6-11-18-48(58)59)32-53-24-13-8-12-23-52(5)35(2)56(26-15-27-75-72-69-60)44-22-20-40-41(50(44)52)28-37(76-73-70-61)29-46(40)79(66,67)68/h19-22,28-31,36,53H,6-18,23-27,32-33H2,1-5H3,(H5-2,54,57,58,59,60,61,62,63,64,65,66,67,68). The van der Waals surface area contributed by atoms with Crippen LogP contribution in [0.15, 0.2) is 68.1 Å². The van der Waals surface area contributed by atoms with Crippen molar-refractivity contribution in [3.8, 4) is 0 Å². The summed E-state index contributed by atoms with van der Waals surface area (Å²) in [5, 5.41) is 57.0. The number of carbonyl (C=O) groups excluding carboxylic acids is 1. The molecule has 0 aromatic heterocycles. The number of hydrogen-bond acceptors (Lipinski definition) is 20. The Hall–Kier alpha value is -3.85. The third-order valence-corrected chi connectivity index (χ3v) is 18.8. The number of unbranched alkanes of at least 4 members (excludes halogenated alkanes) is 6. The van der Waals surface area contributed by atoms with Gasteiger partial charge in [0.2, 0.25) is 17.3 Å². The molecule has 6 N–H and O–H groups in total. The Morgan fingerprint density at radius 2 is 1.38 bits per heavy atom. The van der Waals surface area contributed by atoms with Gasteiger partial charge in [-0.15, -0.1) is 8.67 Å². The normalized spacial score (nSPS) is 16.6. The molecule has 436 valence electrons. The van der Waals surface area contributed by atoms with Gasteiger partial charge in [0.1, 0.15) is 23.2 Å². The van der Waals surface area contributed by atoms with Crippen molar-refractivity contribution in [3.63, 3.8) is 0 Å². The second-order valence-corrected chi connectivity index (χ2v) is 25.6. The Kier molecular flexibility index (Phi) is 23.9. The van der Waals surface area contributed by atoms with Crippen LogP contribution in [-0.2, 0) is 68.8 Å². The average Bonchev–Trinajstić information content (AvgIpc) is 4.04. The van der Waals surface area contributed by atoms with Crippen molar-refractivity contribution in [1.29, 1.82) is 0 Å². The topological polar surface area (TPSA) is 315 Å². The van der Waals surface area contributed by atoms with E-state index in [4.69, 9.17) is 15.6 Å². The second-order valence-electron chi connectivity index (χ2n) is 20.6. The number of amides is 1. The minimum Gasteiger partial charge on any atom is -0.744 e. The number of fused-ring (bicyclic) bond motifs is 6. The smallest absolute Gasteiger partial charge is 0.303 e. The van der Waals surface area contributed by atoms with Gasteiger partial charge in [-0.1, -0.05) is 35.8 Å². The van der Waals surface area contributed by atoms with Crippen LogP contribution in [0.4, 0.5) is 11.4 Å². The zero-order valence-corrected chi connectivity index (χ0v) is 48.9. The highest BCUT2D eigenvalue weighted by molar-refractivity contribution is 7.95. The van der Waals surface area contributed by atoms with Crippen molar-refractivity contribution in [2.75, 3.05) is 38.5 Å². The van der Waals surface area contributed by atoms with Crippen LogP contribution in [0, 0.1) is 5.92 Å². The molecule has 4 aromatic rings. The van der Waals surface area contributed by atoms with Crippen molar-refractivity contribution in [1.82, 2.24) is 10.6 Å². The first-order valence-corrected chi connectivity index (χ1v) is 31.3. The molecular formula is C52H70N4O18S5. The summed E-state index contributed by atoms with van der Waals surface area (Å²) in [7, 11) is -9.54.